The number of nitrogens with two attached hydrogens (primary N) is 1. The predicted octanol–water partition coefficient (Wildman–Crippen LogP) is 3.89. The lowest BCUT2D eigenvalue weighted by Gasteiger charge is -2.23. The highest BCUT2D eigenvalue weighted by atomic mass is 19.1. The van der Waals surface area contributed by atoms with Gasteiger partial charge >= 0.3 is 6.03 Å². The number of halogens is 2. The van der Waals surface area contributed by atoms with E-state index < -0.39 is 29.1 Å². The summed E-state index contributed by atoms with van der Waals surface area (Å²) >= 11 is 0. The van der Waals surface area contributed by atoms with Crippen LogP contribution in [0.5, 0.6) is 11.5 Å². The summed E-state index contributed by atoms with van der Waals surface area (Å²) in [6, 6.07) is 6.69. The third kappa shape index (κ3) is 4.93. The van der Waals surface area contributed by atoms with Gasteiger partial charge in [-0.05, 0) is 18.2 Å². The third-order valence-corrected chi connectivity index (χ3v) is 5.95. The number of urea groups is 1. The van der Waals surface area contributed by atoms with E-state index in [2.05, 4.69) is 20.3 Å². The van der Waals surface area contributed by atoms with Gasteiger partial charge in [-0.2, -0.15) is 0 Å². The van der Waals surface area contributed by atoms with Crippen molar-refractivity contribution >= 4 is 28.8 Å². The standard InChI is InChI=1S/C26H24F2N6O4/c1-34(2,26(29)36)13-14-5-8-19(32-12-14)33-25(35)16-7-6-15(23-24(16)31-10-9-30-23)20-21(27)17(37-3)11-18(38-4)22(20)28/h5-12H,13H2,1-4H3,(H2-,29,32,33,35,36)/p+1. The van der Waals surface area contributed by atoms with Crippen molar-refractivity contribution < 1.29 is 32.3 Å². The van der Waals surface area contributed by atoms with E-state index in [1.165, 1.54) is 44.9 Å². The molecule has 2 heterocycles. The van der Waals surface area contributed by atoms with Gasteiger partial charge in [0.2, 0.25) is 0 Å². The lowest BCUT2D eigenvalue weighted by Crippen LogP contribution is -2.48. The second kappa shape index (κ2) is 10.3. The van der Waals surface area contributed by atoms with E-state index in [4.69, 9.17) is 15.2 Å². The molecule has 2 aromatic carbocycles. The molecule has 0 fully saturated rings. The first-order valence-corrected chi connectivity index (χ1v) is 11.3. The Morgan fingerprint density at radius 2 is 1.58 bits per heavy atom. The molecule has 0 bridgehead atoms. The number of hydrogen-bond donors (Lipinski definition) is 2. The summed E-state index contributed by atoms with van der Waals surface area (Å²) in [5.41, 5.74) is 6.13. The van der Waals surface area contributed by atoms with E-state index in [-0.39, 0.29) is 44.0 Å². The molecular weight excluding hydrogens is 498 g/mol. The first kappa shape index (κ1) is 26.4. The molecule has 0 spiro atoms. The fourth-order valence-corrected chi connectivity index (χ4v) is 3.87. The van der Waals surface area contributed by atoms with E-state index in [9.17, 15) is 9.59 Å². The van der Waals surface area contributed by atoms with Crippen molar-refractivity contribution in [2.24, 2.45) is 5.73 Å². The summed E-state index contributed by atoms with van der Waals surface area (Å²) in [5, 5.41) is 2.68. The Balaban J connectivity index is 1.70. The lowest BCUT2D eigenvalue weighted by molar-refractivity contribution is -0.821. The van der Waals surface area contributed by atoms with Gasteiger partial charge in [0.1, 0.15) is 17.9 Å². The zero-order chi connectivity index (χ0) is 27.6. The summed E-state index contributed by atoms with van der Waals surface area (Å²) < 4.78 is 40.4. The van der Waals surface area contributed by atoms with E-state index in [1.54, 1.807) is 26.2 Å². The Kier molecular flexibility index (Phi) is 7.17. The van der Waals surface area contributed by atoms with E-state index >= 15 is 8.78 Å². The number of fused-ring (bicyclic) bond motifs is 1. The zero-order valence-corrected chi connectivity index (χ0v) is 21.1. The van der Waals surface area contributed by atoms with Crippen LogP contribution >= 0.6 is 0 Å². The predicted molar refractivity (Wildman–Crippen MR) is 136 cm³/mol. The molecule has 3 N–H and O–H groups in total. The molecule has 10 nitrogen and oxygen atoms in total. The molecule has 0 unspecified atom stereocenters. The van der Waals surface area contributed by atoms with Crippen LogP contribution in [0.1, 0.15) is 15.9 Å². The maximum Gasteiger partial charge on any atom is 0.413 e. The number of carbonyl (C=O) groups is 2. The highest BCUT2D eigenvalue weighted by molar-refractivity contribution is 6.13. The molecule has 0 aliphatic carbocycles. The largest absolute Gasteiger partial charge is 0.494 e. The number of anilines is 1. The number of aromatic nitrogens is 3. The van der Waals surface area contributed by atoms with Crippen LogP contribution < -0.4 is 20.5 Å². The summed E-state index contributed by atoms with van der Waals surface area (Å²) in [4.78, 5) is 37.4. The van der Waals surface area contributed by atoms with Gasteiger partial charge in [0, 0.05) is 35.8 Å². The number of nitrogens with zero attached hydrogens (tertiary/aromatic N) is 4. The minimum Gasteiger partial charge on any atom is -0.494 e. The molecule has 0 saturated carbocycles. The summed E-state index contributed by atoms with van der Waals surface area (Å²) in [7, 11) is 5.85. The van der Waals surface area contributed by atoms with Crippen molar-refractivity contribution in [2.45, 2.75) is 6.54 Å². The molecule has 2 aromatic heterocycles. The third-order valence-electron chi connectivity index (χ3n) is 5.95. The molecule has 0 atom stereocenters. The number of primary amides is 1. The molecule has 4 rings (SSSR count). The van der Waals surface area contributed by atoms with Gasteiger partial charge in [0.15, 0.2) is 23.1 Å². The van der Waals surface area contributed by atoms with Crippen LogP contribution in [0.15, 0.2) is 48.9 Å². The van der Waals surface area contributed by atoms with Gasteiger partial charge in [-0.1, -0.05) is 6.07 Å². The van der Waals surface area contributed by atoms with Gasteiger partial charge in [-0.3, -0.25) is 14.8 Å². The Morgan fingerprint density at radius 1 is 0.947 bits per heavy atom. The first-order chi connectivity index (χ1) is 18.1. The number of methoxy groups -OCH3 is 2. The Labute approximate surface area is 216 Å². The van der Waals surface area contributed by atoms with Gasteiger partial charge in [-0.25, -0.2) is 23.0 Å². The van der Waals surface area contributed by atoms with Gasteiger partial charge in [-0.15, -0.1) is 0 Å². The monoisotopic (exact) mass is 523 g/mol. The molecule has 0 saturated heterocycles. The number of rotatable bonds is 7. The molecule has 38 heavy (non-hydrogen) atoms. The van der Waals surface area contributed by atoms with E-state index in [1.807, 2.05) is 0 Å². The summed E-state index contributed by atoms with van der Waals surface area (Å²) in [6.07, 6.45) is 4.25. The normalized spacial score (nSPS) is 11.3. The van der Waals surface area contributed by atoms with Crippen LogP contribution in [0, 0.1) is 11.6 Å². The number of amides is 3. The Morgan fingerprint density at radius 3 is 2.13 bits per heavy atom. The minimum absolute atomic E-state index is 0.0644. The van der Waals surface area contributed by atoms with Crippen molar-refractivity contribution in [3.63, 3.8) is 0 Å². The van der Waals surface area contributed by atoms with Crippen LogP contribution in [0.3, 0.4) is 0 Å². The number of benzene rings is 2. The summed E-state index contributed by atoms with van der Waals surface area (Å²) in [5.74, 6) is -2.64. The molecule has 12 heteroatoms. The van der Waals surface area contributed by atoms with Crippen molar-refractivity contribution in [3.8, 4) is 22.6 Å². The highest BCUT2D eigenvalue weighted by Crippen LogP contribution is 2.40. The maximum absolute atomic E-state index is 15.2. The number of pyridine rings is 1. The maximum atomic E-state index is 15.2. The van der Waals surface area contributed by atoms with Crippen molar-refractivity contribution in [1.82, 2.24) is 15.0 Å². The molecule has 0 aliphatic heterocycles. The second-order valence-electron chi connectivity index (χ2n) is 8.89. The SMILES string of the molecule is COc1cc(OC)c(F)c(-c2ccc(C(=O)Nc3ccc(C[N+](C)(C)C(N)=O)cn3)c3nccnc23)c1F. The quantitative estimate of drug-likeness (QED) is 0.352. The Hall–Kier alpha value is -4.71. The highest BCUT2D eigenvalue weighted by Gasteiger charge is 2.26. The summed E-state index contributed by atoms with van der Waals surface area (Å²) in [6.45, 7) is 0.320. The van der Waals surface area contributed by atoms with Crippen molar-refractivity contribution in [2.75, 3.05) is 33.6 Å². The molecule has 196 valence electrons. The van der Waals surface area contributed by atoms with E-state index in [0.717, 1.165) is 11.6 Å². The number of hydrogen-bond acceptors (Lipinski definition) is 7. The smallest absolute Gasteiger partial charge is 0.413 e. The number of ether oxygens (including phenoxy) is 2. The van der Waals surface area contributed by atoms with Gasteiger partial charge in [0.05, 0.1) is 45.0 Å². The molecular formula is C26H25F2N6O4+. The number of nitrogens with one attached hydrogen (secondary N) is 1. The number of carbonyl (C=O) groups excluding carboxylic acids is 2. The van der Waals surface area contributed by atoms with Crippen LogP contribution in [0.4, 0.5) is 19.4 Å². The lowest BCUT2D eigenvalue weighted by atomic mass is 9.98. The minimum atomic E-state index is -0.947. The average Bonchev–Trinajstić information content (AvgIpc) is 2.89. The fourth-order valence-electron chi connectivity index (χ4n) is 3.87. The first-order valence-electron chi connectivity index (χ1n) is 11.3. The molecule has 4 aromatic rings. The number of quaternary nitrogens is 1. The molecule has 0 aliphatic rings. The molecule has 0 radical (unpaired) electrons. The Bertz CT molecular complexity index is 1520. The van der Waals surface area contributed by atoms with E-state index in [0.29, 0.717) is 6.54 Å². The van der Waals surface area contributed by atoms with Crippen molar-refractivity contribution in [3.05, 3.63) is 71.7 Å². The zero-order valence-electron chi connectivity index (χ0n) is 21.1. The second-order valence-corrected chi connectivity index (χ2v) is 8.89. The van der Waals surface area contributed by atoms with Gasteiger partial charge in [0.25, 0.3) is 5.91 Å². The van der Waals surface area contributed by atoms with Crippen LogP contribution in [-0.2, 0) is 6.54 Å². The van der Waals surface area contributed by atoms with Crippen LogP contribution in [-0.4, -0.2) is 59.7 Å². The average molecular weight is 524 g/mol. The van der Waals surface area contributed by atoms with Crippen molar-refractivity contribution in [1.29, 1.82) is 0 Å². The van der Waals surface area contributed by atoms with Crippen LogP contribution in [0.25, 0.3) is 22.2 Å². The van der Waals surface area contributed by atoms with Crippen LogP contribution in [0.2, 0.25) is 0 Å². The van der Waals surface area contributed by atoms with Gasteiger partial charge < -0.3 is 20.5 Å². The fraction of sp³-hybridized carbons (Fsp3) is 0.192. The molecule has 3 amide bonds. The topological polar surface area (TPSA) is 129 Å².